The summed E-state index contributed by atoms with van der Waals surface area (Å²) in [5.74, 6) is 2.24. The van der Waals surface area contributed by atoms with E-state index in [0.717, 1.165) is 42.6 Å². The van der Waals surface area contributed by atoms with Crippen LogP contribution in [-0.2, 0) is 21.9 Å². The number of hydrogen-bond acceptors (Lipinski definition) is 8. The highest BCUT2D eigenvalue weighted by Crippen LogP contribution is 2.41. The summed E-state index contributed by atoms with van der Waals surface area (Å²) >= 11 is 1.56. The van der Waals surface area contributed by atoms with Crippen LogP contribution in [0.4, 0.5) is 5.95 Å². The van der Waals surface area contributed by atoms with Crippen molar-refractivity contribution >= 4 is 23.7 Å². The number of carbonyl (C=O) groups excluding carboxylic acids is 1. The highest BCUT2D eigenvalue weighted by Gasteiger charge is 2.37. The van der Waals surface area contributed by atoms with E-state index < -0.39 is 6.04 Å². The quantitative estimate of drug-likeness (QED) is 0.133. The Kier molecular flexibility index (Phi) is 9.74. The van der Waals surface area contributed by atoms with Gasteiger partial charge in [0.15, 0.2) is 11.5 Å². The van der Waals surface area contributed by atoms with E-state index in [-0.39, 0.29) is 12.1 Å². The molecule has 0 saturated heterocycles. The van der Waals surface area contributed by atoms with Crippen LogP contribution in [0.3, 0.4) is 0 Å². The second kappa shape index (κ2) is 14.2. The van der Waals surface area contributed by atoms with Crippen molar-refractivity contribution in [2.24, 2.45) is 0 Å². The summed E-state index contributed by atoms with van der Waals surface area (Å²) in [5, 5.41) is 8.88. The van der Waals surface area contributed by atoms with Crippen molar-refractivity contribution in [1.82, 2.24) is 14.8 Å². The van der Waals surface area contributed by atoms with Gasteiger partial charge in [-0.3, -0.25) is 0 Å². The van der Waals surface area contributed by atoms with Gasteiger partial charge in [0.1, 0.15) is 18.8 Å². The molecule has 9 heteroatoms. The number of nitrogens with one attached hydrogen (secondary N) is 1. The Hall–Kier alpha value is -4.24. The summed E-state index contributed by atoms with van der Waals surface area (Å²) in [7, 11) is 0. The van der Waals surface area contributed by atoms with E-state index in [1.54, 1.807) is 16.4 Å². The number of aryl methyl sites for hydroxylation is 1. The average molecular weight is 625 g/mol. The number of esters is 1. The van der Waals surface area contributed by atoms with Gasteiger partial charge in [-0.1, -0.05) is 84.4 Å². The smallest absolute Gasteiger partial charge is 0.338 e. The van der Waals surface area contributed by atoms with Crippen molar-refractivity contribution in [1.29, 1.82) is 0 Å². The molecule has 0 radical (unpaired) electrons. The maximum atomic E-state index is 13.9. The van der Waals surface area contributed by atoms with Crippen molar-refractivity contribution in [3.63, 3.8) is 0 Å². The second-order valence-corrected chi connectivity index (χ2v) is 12.5. The number of thioether (sulfide) groups is 1. The van der Waals surface area contributed by atoms with Crippen LogP contribution in [0.5, 0.6) is 11.5 Å². The zero-order valence-electron chi connectivity index (χ0n) is 26.1. The van der Waals surface area contributed by atoms with Crippen LogP contribution in [-0.4, -0.2) is 33.4 Å². The van der Waals surface area contributed by atoms with E-state index in [4.69, 9.17) is 24.3 Å². The van der Waals surface area contributed by atoms with Crippen LogP contribution in [0.2, 0.25) is 0 Å². The molecular formula is C36H40N4O4S. The lowest BCUT2D eigenvalue weighted by Crippen LogP contribution is -2.32. The standard InChI is InChI=1S/C36H40N4O4S/c1-4-42-31-21-28(18-19-30(31)43-22-27-15-11-12-24(2)20-27)33-32(34(41)44-29-16-9-6-10-17-29)25(3)37-35-38-36(39-40(33)35)45-23-26-13-7-5-8-14-26/h5,7-8,11-15,18-21,29,33H,4,6,9-10,16-17,22-23H2,1-3H3,(H,37,38,39). The maximum Gasteiger partial charge on any atom is 0.338 e. The molecule has 1 atom stereocenters. The first-order valence-electron chi connectivity index (χ1n) is 15.8. The van der Waals surface area contributed by atoms with E-state index in [0.29, 0.717) is 47.1 Å². The van der Waals surface area contributed by atoms with Crippen molar-refractivity contribution in [2.45, 2.75) is 82.5 Å². The van der Waals surface area contributed by atoms with Crippen LogP contribution in [0, 0.1) is 6.92 Å². The number of rotatable bonds is 11. The maximum absolute atomic E-state index is 13.9. The summed E-state index contributed by atoms with van der Waals surface area (Å²) in [6, 6.07) is 23.8. The van der Waals surface area contributed by atoms with Crippen LogP contribution in [0.15, 0.2) is 89.2 Å². The summed E-state index contributed by atoms with van der Waals surface area (Å²) in [6.45, 7) is 6.81. The number of nitrogens with zero attached hydrogens (tertiary/aromatic N) is 3. The molecule has 1 N–H and O–H groups in total. The second-order valence-electron chi connectivity index (χ2n) is 11.6. The van der Waals surface area contributed by atoms with E-state index in [1.807, 2.05) is 62.4 Å². The molecule has 0 amide bonds. The molecule has 4 aromatic rings. The first-order valence-corrected chi connectivity index (χ1v) is 16.7. The minimum Gasteiger partial charge on any atom is -0.490 e. The lowest BCUT2D eigenvalue weighted by Gasteiger charge is -2.30. The fraction of sp³-hybridized carbons (Fsp3) is 0.361. The molecular weight excluding hydrogens is 584 g/mol. The Morgan fingerprint density at radius 3 is 2.51 bits per heavy atom. The summed E-state index contributed by atoms with van der Waals surface area (Å²) < 4.78 is 20.2. The third-order valence-electron chi connectivity index (χ3n) is 8.15. The van der Waals surface area contributed by atoms with E-state index in [9.17, 15) is 4.79 Å². The van der Waals surface area contributed by atoms with Crippen molar-refractivity contribution in [3.05, 3.63) is 106 Å². The molecule has 1 aliphatic carbocycles. The number of benzene rings is 3. The summed E-state index contributed by atoms with van der Waals surface area (Å²) in [4.78, 5) is 18.7. The van der Waals surface area contributed by atoms with Gasteiger partial charge in [-0.25, -0.2) is 9.48 Å². The van der Waals surface area contributed by atoms with Gasteiger partial charge >= 0.3 is 5.97 Å². The van der Waals surface area contributed by atoms with Crippen LogP contribution >= 0.6 is 11.8 Å². The molecule has 1 aliphatic heterocycles. The SMILES string of the molecule is CCOc1cc(C2C(C(=O)OC3CCCCC3)=C(C)Nc3nc(SCc4ccccc4)nn32)ccc1OCc1cccc(C)c1. The number of aromatic nitrogens is 3. The number of allylic oxidation sites excluding steroid dienone is 1. The van der Waals surface area contributed by atoms with Crippen molar-refractivity contribution in [3.8, 4) is 11.5 Å². The predicted molar refractivity (Wildman–Crippen MR) is 177 cm³/mol. The summed E-state index contributed by atoms with van der Waals surface area (Å²) in [6.07, 6.45) is 5.06. The molecule has 1 saturated carbocycles. The van der Waals surface area contributed by atoms with Crippen LogP contribution in [0.25, 0.3) is 0 Å². The Morgan fingerprint density at radius 2 is 1.73 bits per heavy atom. The number of ether oxygens (including phenoxy) is 3. The van der Waals surface area contributed by atoms with Gasteiger partial charge in [-0.05, 0) is 75.3 Å². The molecule has 234 valence electrons. The Balaban J connectivity index is 1.33. The number of anilines is 1. The molecule has 2 aliphatic rings. The summed E-state index contributed by atoms with van der Waals surface area (Å²) in [5.41, 5.74) is 5.52. The predicted octanol–water partition coefficient (Wildman–Crippen LogP) is 8.02. The molecule has 1 aromatic heterocycles. The van der Waals surface area contributed by atoms with Gasteiger partial charge < -0.3 is 19.5 Å². The topological polar surface area (TPSA) is 87.5 Å². The largest absolute Gasteiger partial charge is 0.490 e. The van der Waals surface area contributed by atoms with E-state index in [2.05, 4.69) is 36.5 Å². The van der Waals surface area contributed by atoms with Gasteiger partial charge in [-0.15, -0.1) is 5.10 Å². The van der Waals surface area contributed by atoms with E-state index >= 15 is 0 Å². The van der Waals surface area contributed by atoms with Crippen LogP contribution in [0.1, 0.15) is 74.2 Å². The molecule has 45 heavy (non-hydrogen) atoms. The highest BCUT2D eigenvalue weighted by atomic mass is 32.2. The molecule has 6 rings (SSSR count). The van der Waals surface area contributed by atoms with Gasteiger partial charge in [0.05, 0.1) is 12.2 Å². The van der Waals surface area contributed by atoms with Crippen molar-refractivity contribution < 1.29 is 19.0 Å². The highest BCUT2D eigenvalue weighted by molar-refractivity contribution is 7.98. The Morgan fingerprint density at radius 1 is 0.933 bits per heavy atom. The number of carbonyl (C=O) groups is 1. The Labute approximate surface area is 269 Å². The van der Waals surface area contributed by atoms with Gasteiger partial charge in [0.2, 0.25) is 11.1 Å². The van der Waals surface area contributed by atoms with Gasteiger partial charge in [0.25, 0.3) is 0 Å². The Bertz CT molecular complexity index is 1660. The van der Waals surface area contributed by atoms with E-state index in [1.165, 1.54) is 17.5 Å². The van der Waals surface area contributed by atoms with Gasteiger partial charge in [0, 0.05) is 11.4 Å². The molecule has 3 aromatic carbocycles. The lowest BCUT2D eigenvalue weighted by molar-refractivity contribution is -0.146. The third-order valence-corrected chi connectivity index (χ3v) is 9.06. The van der Waals surface area contributed by atoms with Gasteiger partial charge in [-0.2, -0.15) is 4.98 Å². The average Bonchev–Trinajstić information content (AvgIpc) is 3.46. The molecule has 0 bridgehead atoms. The zero-order chi connectivity index (χ0) is 31.2. The monoisotopic (exact) mass is 624 g/mol. The molecule has 1 fully saturated rings. The number of hydrogen-bond donors (Lipinski definition) is 1. The lowest BCUT2D eigenvalue weighted by atomic mass is 9.94. The normalized spacial score (nSPS) is 16.6. The number of fused-ring (bicyclic) bond motifs is 1. The fourth-order valence-electron chi connectivity index (χ4n) is 5.93. The first kappa shape index (κ1) is 30.8. The molecule has 8 nitrogen and oxygen atoms in total. The van der Waals surface area contributed by atoms with Crippen LogP contribution < -0.4 is 14.8 Å². The first-order chi connectivity index (χ1) is 22.0. The molecule has 0 spiro atoms. The molecule has 2 heterocycles. The third kappa shape index (κ3) is 7.36. The zero-order valence-corrected chi connectivity index (χ0v) is 26.9. The molecule has 1 unspecified atom stereocenters. The minimum atomic E-state index is -0.555. The van der Waals surface area contributed by atoms with Crippen molar-refractivity contribution in [2.75, 3.05) is 11.9 Å². The minimum absolute atomic E-state index is 0.0716. The fourth-order valence-corrected chi connectivity index (χ4v) is 6.72.